The third-order valence-electron chi connectivity index (χ3n) is 4.04. The van der Waals surface area contributed by atoms with E-state index in [9.17, 15) is 16.8 Å². The van der Waals surface area contributed by atoms with Crippen LogP contribution in [0.2, 0.25) is 15.1 Å². The van der Waals surface area contributed by atoms with Crippen molar-refractivity contribution in [2.24, 2.45) is 0 Å². The number of rotatable bonds is 6. The van der Waals surface area contributed by atoms with Gasteiger partial charge in [-0.25, -0.2) is 16.8 Å². The van der Waals surface area contributed by atoms with E-state index in [4.69, 9.17) is 34.8 Å². The summed E-state index contributed by atoms with van der Waals surface area (Å²) in [6.45, 7) is 1.74. The van der Waals surface area contributed by atoms with Gasteiger partial charge in [-0.15, -0.1) is 0 Å². The molecule has 3 aromatic rings. The van der Waals surface area contributed by atoms with Crippen LogP contribution >= 0.6 is 34.8 Å². The van der Waals surface area contributed by atoms with Crippen LogP contribution in [0.3, 0.4) is 0 Å². The van der Waals surface area contributed by atoms with Crippen LogP contribution in [0.5, 0.6) is 0 Å². The minimum atomic E-state index is -4.02. The summed E-state index contributed by atoms with van der Waals surface area (Å²) in [5.74, 6) is 0. The minimum Gasteiger partial charge on any atom is -0.280 e. The number of benzene rings is 3. The van der Waals surface area contributed by atoms with Gasteiger partial charge in [0.15, 0.2) is 0 Å². The van der Waals surface area contributed by atoms with Crippen molar-refractivity contribution in [3.8, 4) is 0 Å². The Labute approximate surface area is 189 Å². The van der Waals surface area contributed by atoms with E-state index < -0.39 is 20.0 Å². The standard InChI is InChI=1S/C19H15Cl3N2O4S2/c1-12-2-3-13(20)10-18(12)24-29(25,26)16-7-5-15(6-8-16)23-30(27,28)19-11-14(21)4-9-17(19)22/h2-11,23-24H,1H3. The molecule has 0 heterocycles. The van der Waals surface area contributed by atoms with E-state index in [1.807, 2.05) is 0 Å². The predicted molar refractivity (Wildman–Crippen MR) is 121 cm³/mol. The maximum atomic E-state index is 12.6. The summed E-state index contributed by atoms with van der Waals surface area (Å²) in [6, 6.07) is 14.1. The van der Waals surface area contributed by atoms with E-state index in [0.29, 0.717) is 16.3 Å². The van der Waals surface area contributed by atoms with E-state index in [2.05, 4.69) is 9.44 Å². The molecule has 0 aliphatic rings. The normalized spacial score (nSPS) is 11.9. The Kier molecular flexibility index (Phi) is 6.54. The summed E-state index contributed by atoms with van der Waals surface area (Å²) < 4.78 is 55.2. The molecule has 3 rings (SSSR count). The van der Waals surface area contributed by atoms with Gasteiger partial charge in [0.25, 0.3) is 20.0 Å². The van der Waals surface area contributed by atoms with Gasteiger partial charge in [-0.2, -0.15) is 0 Å². The summed E-state index contributed by atoms with van der Waals surface area (Å²) in [6.07, 6.45) is 0. The second-order valence-corrected chi connectivity index (χ2v) is 10.9. The van der Waals surface area contributed by atoms with Gasteiger partial charge in [0.05, 0.1) is 15.6 Å². The molecule has 0 saturated heterocycles. The molecular weight excluding hydrogens is 491 g/mol. The molecule has 2 N–H and O–H groups in total. The molecule has 0 spiro atoms. The highest BCUT2D eigenvalue weighted by Gasteiger charge is 2.20. The monoisotopic (exact) mass is 504 g/mol. The van der Waals surface area contributed by atoms with Crippen molar-refractivity contribution >= 4 is 66.2 Å². The van der Waals surface area contributed by atoms with Crippen LogP contribution in [0.4, 0.5) is 11.4 Å². The summed E-state index contributed by atoms with van der Waals surface area (Å²) in [5.41, 5.74) is 1.21. The van der Waals surface area contributed by atoms with E-state index in [-0.39, 0.29) is 25.5 Å². The first-order valence-electron chi connectivity index (χ1n) is 8.35. The Hall–Kier alpha value is -1.97. The summed E-state index contributed by atoms with van der Waals surface area (Å²) in [4.78, 5) is -0.239. The van der Waals surface area contributed by atoms with Crippen LogP contribution in [-0.4, -0.2) is 16.8 Å². The van der Waals surface area contributed by atoms with E-state index in [1.54, 1.807) is 19.1 Å². The van der Waals surface area contributed by atoms with E-state index in [1.165, 1.54) is 48.5 Å². The molecule has 30 heavy (non-hydrogen) atoms. The van der Waals surface area contributed by atoms with E-state index in [0.717, 1.165) is 0 Å². The second kappa shape index (κ2) is 8.64. The van der Waals surface area contributed by atoms with Crippen LogP contribution in [0, 0.1) is 6.92 Å². The van der Waals surface area contributed by atoms with Gasteiger partial charge < -0.3 is 0 Å². The Morgan fingerprint density at radius 2 is 1.30 bits per heavy atom. The van der Waals surface area contributed by atoms with Crippen molar-refractivity contribution in [3.63, 3.8) is 0 Å². The zero-order chi connectivity index (χ0) is 22.1. The van der Waals surface area contributed by atoms with Gasteiger partial charge in [0.1, 0.15) is 4.90 Å². The second-order valence-electron chi connectivity index (χ2n) is 6.27. The number of halogens is 3. The molecule has 0 atom stereocenters. The topological polar surface area (TPSA) is 92.3 Å². The molecule has 158 valence electrons. The highest BCUT2D eigenvalue weighted by molar-refractivity contribution is 7.93. The average molecular weight is 506 g/mol. The fraction of sp³-hybridized carbons (Fsp3) is 0.0526. The minimum absolute atomic E-state index is 0.00666. The smallest absolute Gasteiger partial charge is 0.263 e. The SMILES string of the molecule is Cc1ccc(Cl)cc1NS(=O)(=O)c1ccc(NS(=O)(=O)c2cc(Cl)ccc2Cl)cc1. The van der Waals surface area contributed by atoms with Crippen LogP contribution < -0.4 is 9.44 Å². The fourth-order valence-electron chi connectivity index (χ4n) is 2.50. The molecule has 6 nitrogen and oxygen atoms in total. The summed E-state index contributed by atoms with van der Waals surface area (Å²) >= 11 is 17.7. The number of aryl methyl sites for hydroxylation is 1. The molecule has 0 fully saturated rings. The van der Waals surface area contributed by atoms with Crippen molar-refractivity contribution in [2.45, 2.75) is 16.7 Å². The molecular formula is C19H15Cl3N2O4S2. The van der Waals surface area contributed by atoms with Crippen LogP contribution in [0.1, 0.15) is 5.56 Å². The molecule has 0 unspecified atom stereocenters. The Bertz CT molecular complexity index is 1310. The van der Waals surface area contributed by atoms with Crippen molar-refractivity contribution in [2.75, 3.05) is 9.44 Å². The van der Waals surface area contributed by atoms with Gasteiger partial charge >= 0.3 is 0 Å². The fourth-order valence-corrected chi connectivity index (χ4v) is 5.62. The quantitative estimate of drug-likeness (QED) is 0.459. The van der Waals surface area contributed by atoms with Gasteiger partial charge in [-0.3, -0.25) is 9.44 Å². The number of anilines is 2. The van der Waals surface area contributed by atoms with E-state index >= 15 is 0 Å². The first kappa shape index (κ1) is 22.7. The van der Waals surface area contributed by atoms with Crippen molar-refractivity contribution in [1.29, 1.82) is 0 Å². The highest BCUT2D eigenvalue weighted by Crippen LogP contribution is 2.28. The predicted octanol–water partition coefficient (Wildman–Crippen LogP) is 5.56. The number of sulfonamides is 2. The number of hydrogen-bond acceptors (Lipinski definition) is 4. The lowest BCUT2D eigenvalue weighted by atomic mass is 10.2. The zero-order valence-corrected chi connectivity index (χ0v) is 19.3. The lowest BCUT2D eigenvalue weighted by Crippen LogP contribution is -2.15. The Morgan fingerprint density at radius 3 is 1.97 bits per heavy atom. The molecule has 0 radical (unpaired) electrons. The number of nitrogens with one attached hydrogen (secondary N) is 2. The maximum Gasteiger partial charge on any atom is 0.263 e. The average Bonchev–Trinajstić information content (AvgIpc) is 2.66. The molecule has 11 heteroatoms. The highest BCUT2D eigenvalue weighted by atomic mass is 35.5. The molecule has 3 aromatic carbocycles. The third kappa shape index (κ3) is 5.19. The number of hydrogen-bond donors (Lipinski definition) is 2. The van der Waals surface area contributed by atoms with Crippen molar-refractivity contribution < 1.29 is 16.8 Å². The molecule has 0 aliphatic heterocycles. The first-order valence-corrected chi connectivity index (χ1v) is 12.4. The Balaban J connectivity index is 1.84. The van der Waals surface area contributed by atoms with Gasteiger partial charge in [0.2, 0.25) is 0 Å². The Morgan fingerprint density at radius 1 is 0.700 bits per heavy atom. The van der Waals surface area contributed by atoms with Crippen molar-refractivity contribution in [1.82, 2.24) is 0 Å². The van der Waals surface area contributed by atoms with Gasteiger partial charge in [0, 0.05) is 15.7 Å². The molecule has 0 bridgehead atoms. The molecule has 0 aromatic heterocycles. The lowest BCUT2D eigenvalue weighted by molar-refractivity contribution is 0.600. The molecule has 0 amide bonds. The third-order valence-corrected chi connectivity index (χ3v) is 7.76. The lowest BCUT2D eigenvalue weighted by Gasteiger charge is -2.12. The van der Waals surface area contributed by atoms with Crippen LogP contribution in [0.25, 0.3) is 0 Å². The van der Waals surface area contributed by atoms with Gasteiger partial charge in [-0.05, 0) is 67.1 Å². The molecule has 0 saturated carbocycles. The zero-order valence-electron chi connectivity index (χ0n) is 15.4. The first-order chi connectivity index (χ1) is 14.0. The van der Waals surface area contributed by atoms with Crippen LogP contribution in [-0.2, 0) is 20.0 Å². The van der Waals surface area contributed by atoms with Crippen LogP contribution in [0.15, 0.2) is 70.5 Å². The summed E-state index contributed by atoms with van der Waals surface area (Å²) in [7, 11) is -7.92. The summed E-state index contributed by atoms with van der Waals surface area (Å²) in [5, 5.41) is 0.610. The molecule has 0 aliphatic carbocycles. The van der Waals surface area contributed by atoms with Crippen molar-refractivity contribution in [3.05, 3.63) is 81.3 Å². The largest absolute Gasteiger partial charge is 0.280 e. The van der Waals surface area contributed by atoms with Gasteiger partial charge in [-0.1, -0.05) is 40.9 Å². The maximum absolute atomic E-state index is 12.6.